The van der Waals surface area contributed by atoms with E-state index < -0.39 is 67.4 Å². The van der Waals surface area contributed by atoms with Gasteiger partial charge in [0.2, 0.25) is 0 Å². The van der Waals surface area contributed by atoms with Gasteiger partial charge in [-0.2, -0.15) is 0 Å². The van der Waals surface area contributed by atoms with Crippen LogP contribution < -0.4 is 30.6 Å². The van der Waals surface area contributed by atoms with Crippen LogP contribution in [-0.2, 0) is 45.6 Å². The minimum absolute atomic E-state index is 0. The maximum Gasteiger partial charge on any atom is 3.00 e. The Hall–Kier alpha value is 0.0299. The molecular weight excluding hydrogens is 720 g/mol. The SMILES string of the molecule is CC(=O)[O-].CC(=O)[O-].CC(=O)[O-].CC(C)[O-].CC(C)[O-].CC(C)[O-].O=S(=O)([O-])[O-].O=S(=O)([O-])[O-].O=S(=O)([O-])[O-].[Al+3].[Al+3].[Al+3].[Al+3]. The minimum Gasteiger partial charge on any atom is -0.852 e. The third kappa shape index (κ3) is 75500000. The van der Waals surface area contributed by atoms with Crippen LogP contribution >= 0.6 is 0 Å². The second kappa shape index (κ2) is 54.5. The molecule has 28 heteroatoms. The van der Waals surface area contributed by atoms with Crippen molar-refractivity contribution in [1.29, 1.82) is 0 Å². The maximum absolute atomic E-state index is 9.53. The number of carboxylic acids is 3. The number of hydrogen-bond donors (Lipinski definition) is 0. The van der Waals surface area contributed by atoms with Crippen molar-refractivity contribution in [2.75, 3.05) is 0 Å². The number of carbonyl (C=O) groups excluding carboxylic acids is 3. The molecular formula is C15H30Al4O21S3. The molecule has 0 aliphatic rings. The molecule has 0 aliphatic carbocycles. The van der Waals surface area contributed by atoms with E-state index in [1.807, 2.05) is 0 Å². The van der Waals surface area contributed by atoms with E-state index in [1.165, 1.54) is 0 Å². The Morgan fingerprint density at radius 3 is 0.395 bits per heavy atom. The maximum atomic E-state index is 9.53. The summed E-state index contributed by atoms with van der Waals surface area (Å²) >= 11 is 0. The van der Waals surface area contributed by atoms with Crippen LogP contribution in [0.15, 0.2) is 0 Å². The van der Waals surface area contributed by atoms with E-state index in [9.17, 15) is 15.3 Å². The number of rotatable bonds is 0. The Morgan fingerprint density at radius 1 is 0.395 bits per heavy atom. The fourth-order valence-electron chi connectivity index (χ4n) is 0. The number of carbonyl (C=O) groups is 3. The molecule has 0 bridgehead atoms. The van der Waals surface area contributed by atoms with Crippen molar-refractivity contribution in [2.24, 2.45) is 0 Å². The van der Waals surface area contributed by atoms with E-state index in [4.69, 9.17) is 82.3 Å². The molecule has 0 spiro atoms. The van der Waals surface area contributed by atoms with E-state index in [1.54, 1.807) is 41.5 Å². The normalized spacial score (nSPS) is 8.30. The molecule has 0 saturated carbocycles. The summed E-state index contributed by atoms with van der Waals surface area (Å²) in [5, 5.41) is 55.2. The summed E-state index contributed by atoms with van der Waals surface area (Å²) in [6.07, 6.45) is -1.25. The average molecular weight is 751 g/mol. The fraction of sp³-hybridized carbons (Fsp3) is 0.800. The van der Waals surface area contributed by atoms with Gasteiger partial charge in [0.25, 0.3) is 0 Å². The van der Waals surface area contributed by atoms with Gasteiger partial charge in [0.15, 0.2) is 0 Å². The molecule has 0 aromatic rings. The molecule has 0 fully saturated rings. The molecule has 0 rings (SSSR count). The van der Waals surface area contributed by atoms with Crippen molar-refractivity contribution in [3.05, 3.63) is 0 Å². The zero-order valence-corrected chi connectivity index (χ0v) is 31.4. The molecule has 0 aliphatic heterocycles. The summed E-state index contributed by atoms with van der Waals surface area (Å²) in [7, 11) is -15.5. The van der Waals surface area contributed by atoms with Crippen molar-refractivity contribution in [3.8, 4) is 0 Å². The Labute approximate surface area is 295 Å². The quantitative estimate of drug-likeness (QED) is 0.126. The van der Waals surface area contributed by atoms with Crippen molar-refractivity contribution in [3.63, 3.8) is 0 Å². The fourth-order valence-corrected chi connectivity index (χ4v) is 0. The van der Waals surface area contributed by atoms with E-state index in [0.29, 0.717) is 0 Å². The van der Waals surface area contributed by atoms with Gasteiger partial charge in [-0.1, -0.05) is 41.5 Å². The average Bonchev–Trinajstić information content (AvgIpc) is 2.35. The van der Waals surface area contributed by atoms with Gasteiger partial charge in [0.05, 0.1) is 0 Å². The van der Waals surface area contributed by atoms with Gasteiger partial charge < -0.3 is 72.3 Å². The molecule has 246 valence electrons. The van der Waals surface area contributed by atoms with E-state index in [-0.39, 0.29) is 69.4 Å². The molecule has 0 atom stereocenters. The van der Waals surface area contributed by atoms with Crippen molar-refractivity contribution >= 4 is 119 Å². The third-order valence-electron chi connectivity index (χ3n) is 0. The Balaban J connectivity index is -0.0000000212. The van der Waals surface area contributed by atoms with Gasteiger partial charge in [-0.3, -0.25) is 25.3 Å². The second-order valence-corrected chi connectivity index (χ2v) is 8.30. The van der Waals surface area contributed by atoms with Gasteiger partial charge in [0.1, 0.15) is 0 Å². The molecule has 0 amide bonds. The van der Waals surface area contributed by atoms with Crippen LogP contribution in [0.3, 0.4) is 0 Å². The van der Waals surface area contributed by atoms with Gasteiger partial charge in [-0.15, -0.1) is 18.3 Å². The predicted octanol–water partition coefficient (Wildman–Crippen LogP) is -10.0. The second-order valence-electron chi connectivity index (χ2n) is 5.85. The largest absolute Gasteiger partial charge is 3.00 e. The standard InChI is InChI=1S/3C3H7O.3C2H4O2.4Al.3H2O4S/c3*1-3(2)4;3*1-2(3)4;;;;;3*1-5(2,3)4/h3*3H,1-2H3;3*1H3,(H,3,4);;;;;3*(H2,1,2,3,4)/q3*-1;;;;4*+3;;;/p-9. The number of aliphatic carboxylic acids is 3. The minimum atomic E-state index is -5.17. The first-order chi connectivity index (χ1) is 16.4. The summed E-state index contributed by atoms with van der Waals surface area (Å²) in [6.45, 7) is 12.6. The zero-order valence-electron chi connectivity index (χ0n) is 24.3. The van der Waals surface area contributed by atoms with Crippen LogP contribution in [-0.4, -0.2) is 158 Å². The number of hydrogen-bond acceptors (Lipinski definition) is 21. The third-order valence-corrected chi connectivity index (χ3v) is 0. The first-order valence-corrected chi connectivity index (χ1v) is 12.9. The Morgan fingerprint density at radius 2 is 0.395 bits per heavy atom. The topological polar surface area (TPSA) is 430 Å². The first kappa shape index (κ1) is 84.3. The monoisotopic (exact) mass is 750 g/mol. The molecule has 0 aromatic heterocycles. The Bertz CT molecular complexity index is 704. The molecule has 0 aromatic carbocycles. The van der Waals surface area contributed by atoms with Crippen LogP contribution in [0.2, 0.25) is 0 Å². The van der Waals surface area contributed by atoms with Gasteiger partial charge >= 0.3 is 69.4 Å². The number of carboxylic acid groups (broad SMARTS) is 3. The van der Waals surface area contributed by atoms with Gasteiger partial charge in [-0.05, 0) is 20.8 Å². The molecule has 0 N–H and O–H groups in total. The van der Waals surface area contributed by atoms with Crippen LogP contribution in [0.1, 0.15) is 62.3 Å². The van der Waals surface area contributed by atoms with E-state index >= 15 is 0 Å². The molecule has 0 radical (unpaired) electrons. The molecule has 0 heterocycles. The van der Waals surface area contributed by atoms with Gasteiger partial charge in [-0.25, -0.2) is 0 Å². The van der Waals surface area contributed by atoms with E-state index in [2.05, 4.69) is 0 Å². The van der Waals surface area contributed by atoms with Crippen molar-refractivity contribution in [1.82, 2.24) is 0 Å². The van der Waals surface area contributed by atoms with Crippen LogP contribution in [0.5, 0.6) is 0 Å². The smallest absolute Gasteiger partial charge is 0.852 e. The Kier molecular flexibility index (Phi) is 107. The van der Waals surface area contributed by atoms with Gasteiger partial charge in [0, 0.05) is 49.1 Å². The summed E-state index contributed by atoms with van der Waals surface area (Å²) < 4.78 is 102. The van der Waals surface area contributed by atoms with Crippen LogP contribution in [0, 0.1) is 0 Å². The summed E-state index contributed by atoms with van der Waals surface area (Å²) in [5.41, 5.74) is 0. The molecule has 21 nitrogen and oxygen atoms in total. The van der Waals surface area contributed by atoms with Crippen molar-refractivity contribution < 1.29 is 97.6 Å². The van der Waals surface area contributed by atoms with Crippen LogP contribution in [0.4, 0.5) is 0 Å². The molecule has 43 heavy (non-hydrogen) atoms. The summed E-state index contributed by atoms with van der Waals surface area (Å²) in [6, 6.07) is 0. The van der Waals surface area contributed by atoms with Crippen molar-refractivity contribution in [2.45, 2.75) is 80.6 Å². The van der Waals surface area contributed by atoms with E-state index in [0.717, 1.165) is 20.8 Å². The summed E-state index contributed by atoms with van der Waals surface area (Å²) in [5.74, 6) is -3.25. The molecule has 0 unspecified atom stereocenters. The predicted molar refractivity (Wildman–Crippen MR) is 132 cm³/mol. The summed E-state index contributed by atoms with van der Waals surface area (Å²) in [4.78, 5) is 26.7. The van der Waals surface area contributed by atoms with Crippen LogP contribution in [0.25, 0.3) is 0 Å². The first-order valence-electron chi connectivity index (χ1n) is 8.90. The zero-order chi connectivity index (χ0) is 35.0. The molecule has 0 saturated heterocycles.